The smallest absolute Gasteiger partial charge is 0.228 e. The van der Waals surface area contributed by atoms with E-state index in [0.717, 1.165) is 11.1 Å². The van der Waals surface area contributed by atoms with E-state index in [1.165, 1.54) is 6.07 Å². The monoisotopic (exact) mass is 558 g/mol. The van der Waals surface area contributed by atoms with Crippen LogP contribution in [0.15, 0.2) is 42.5 Å². The van der Waals surface area contributed by atoms with Gasteiger partial charge in [-0.1, -0.05) is 49.7 Å². The Bertz CT molecular complexity index is 1140. The molecule has 2 fully saturated rings. The van der Waals surface area contributed by atoms with Crippen LogP contribution in [0.3, 0.4) is 0 Å². The third kappa shape index (κ3) is 7.10. The molecule has 2 aliphatic heterocycles. The van der Waals surface area contributed by atoms with Gasteiger partial charge in [-0.3, -0.25) is 9.59 Å². The molecule has 2 aromatic carbocycles. The molecular formula is C30H40ClFN4O3. The number of halogens is 2. The summed E-state index contributed by atoms with van der Waals surface area (Å²) in [7, 11) is 3.86. The first kappa shape index (κ1) is 29.3. The van der Waals surface area contributed by atoms with Crippen molar-refractivity contribution in [2.24, 2.45) is 11.8 Å². The fourth-order valence-corrected chi connectivity index (χ4v) is 5.64. The Hall–Kier alpha value is -2.68. The van der Waals surface area contributed by atoms with E-state index in [4.69, 9.17) is 16.3 Å². The number of piperazine rings is 1. The summed E-state index contributed by atoms with van der Waals surface area (Å²) in [5.41, 5.74) is 2.34. The summed E-state index contributed by atoms with van der Waals surface area (Å²) in [4.78, 5) is 32.1. The van der Waals surface area contributed by atoms with Gasteiger partial charge in [0.2, 0.25) is 11.8 Å². The molecule has 2 saturated heterocycles. The normalized spacial score (nSPS) is 20.5. The number of carbonyl (C=O) groups excluding carboxylic acids is 2. The number of benzene rings is 2. The molecule has 9 heteroatoms. The van der Waals surface area contributed by atoms with Crippen molar-refractivity contribution in [2.45, 2.75) is 32.2 Å². The first-order chi connectivity index (χ1) is 18.7. The van der Waals surface area contributed by atoms with Gasteiger partial charge in [-0.15, -0.1) is 0 Å². The highest BCUT2D eigenvalue weighted by Gasteiger charge is 2.38. The van der Waals surface area contributed by atoms with Crippen LogP contribution in [0.1, 0.15) is 43.4 Å². The summed E-state index contributed by atoms with van der Waals surface area (Å²) in [6, 6.07) is 12.4. The standard InChI is InChI=1S/C30H40ClFN4O3/c1-20(2)28(33-27(37)12-13-34(3)4)23-6-5-7-26(32)29(23)35-14-16-36(17-15-35)30(38)25-19-39-18-24(25)21-8-10-22(31)11-9-21/h5-11,20,24-25,28H,12-19H2,1-4H3,(H,33,37)/t24?,25?,28-/m0/s1. The van der Waals surface area contributed by atoms with Crippen LogP contribution in [0.25, 0.3) is 0 Å². The number of amides is 2. The van der Waals surface area contributed by atoms with Crippen molar-refractivity contribution in [3.05, 3.63) is 64.4 Å². The van der Waals surface area contributed by atoms with E-state index in [2.05, 4.69) is 5.32 Å². The van der Waals surface area contributed by atoms with Crippen LogP contribution in [0.5, 0.6) is 0 Å². The molecule has 2 aliphatic rings. The molecule has 4 rings (SSSR count). The average Bonchev–Trinajstić information content (AvgIpc) is 3.40. The molecular weight excluding hydrogens is 519 g/mol. The lowest BCUT2D eigenvalue weighted by atomic mass is 9.88. The van der Waals surface area contributed by atoms with Crippen LogP contribution in [-0.4, -0.2) is 81.6 Å². The maximum Gasteiger partial charge on any atom is 0.228 e. The maximum absolute atomic E-state index is 15.4. The largest absolute Gasteiger partial charge is 0.380 e. The second-order valence-electron chi connectivity index (χ2n) is 11.1. The highest BCUT2D eigenvalue weighted by molar-refractivity contribution is 6.30. The summed E-state index contributed by atoms with van der Waals surface area (Å²) in [6.45, 7) is 7.63. The third-order valence-corrected chi connectivity index (χ3v) is 7.98. The van der Waals surface area contributed by atoms with E-state index < -0.39 is 0 Å². The summed E-state index contributed by atoms with van der Waals surface area (Å²) in [5, 5.41) is 3.80. The molecule has 2 heterocycles. The van der Waals surface area contributed by atoms with Crippen LogP contribution in [-0.2, 0) is 14.3 Å². The summed E-state index contributed by atoms with van der Waals surface area (Å²) in [5.74, 6) is -0.467. The van der Waals surface area contributed by atoms with Crippen LogP contribution in [0.4, 0.5) is 10.1 Å². The number of nitrogens with one attached hydrogen (secondary N) is 1. The zero-order valence-electron chi connectivity index (χ0n) is 23.3. The molecule has 0 saturated carbocycles. The van der Waals surface area contributed by atoms with E-state index >= 15 is 4.39 Å². The summed E-state index contributed by atoms with van der Waals surface area (Å²) < 4.78 is 21.1. The Morgan fingerprint density at radius 3 is 2.41 bits per heavy atom. The lowest BCUT2D eigenvalue weighted by Crippen LogP contribution is -2.51. The minimum Gasteiger partial charge on any atom is -0.380 e. The Morgan fingerprint density at radius 2 is 1.77 bits per heavy atom. The molecule has 0 radical (unpaired) electrons. The van der Waals surface area contributed by atoms with Gasteiger partial charge >= 0.3 is 0 Å². The topological polar surface area (TPSA) is 65.1 Å². The number of rotatable bonds is 9. The molecule has 0 aliphatic carbocycles. The van der Waals surface area contributed by atoms with E-state index in [1.54, 1.807) is 6.07 Å². The van der Waals surface area contributed by atoms with Crippen LogP contribution in [0.2, 0.25) is 5.02 Å². The first-order valence-electron chi connectivity index (χ1n) is 13.7. The van der Waals surface area contributed by atoms with Crippen molar-refractivity contribution < 1.29 is 18.7 Å². The van der Waals surface area contributed by atoms with E-state index in [0.29, 0.717) is 63.1 Å². The van der Waals surface area contributed by atoms with Crippen LogP contribution < -0.4 is 10.2 Å². The molecule has 1 N–H and O–H groups in total. The lowest BCUT2D eigenvalue weighted by molar-refractivity contribution is -0.136. The van der Waals surface area contributed by atoms with Crippen molar-refractivity contribution in [3.63, 3.8) is 0 Å². The van der Waals surface area contributed by atoms with Gasteiger partial charge in [0.1, 0.15) is 5.82 Å². The van der Waals surface area contributed by atoms with Gasteiger partial charge in [-0.25, -0.2) is 4.39 Å². The fraction of sp³-hybridized carbons (Fsp3) is 0.533. The highest BCUT2D eigenvalue weighted by atomic mass is 35.5. The minimum absolute atomic E-state index is 0.00567. The third-order valence-electron chi connectivity index (χ3n) is 7.73. The number of hydrogen-bond acceptors (Lipinski definition) is 5. The number of hydrogen-bond donors (Lipinski definition) is 1. The van der Waals surface area contributed by atoms with E-state index in [-0.39, 0.29) is 41.4 Å². The molecule has 3 atom stereocenters. The van der Waals surface area contributed by atoms with Crippen LogP contribution in [0, 0.1) is 17.7 Å². The van der Waals surface area contributed by atoms with Crippen molar-refractivity contribution in [1.29, 1.82) is 0 Å². The zero-order chi connectivity index (χ0) is 28.1. The Labute approximate surface area is 236 Å². The number of carbonyl (C=O) groups is 2. The van der Waals surface area contributed by atoms with Gasteiger partial charge < -0.3 is 24.8 Å². The van der Waals surface area contributed by atoms with Crippen molar-refractivity contribution in [1.82, 2.24) is 15.1 Å². The molecule has 212 valence electrons. The lowest BCUT2D eigenvalue weighted by Gasteiger charge is -2.39. The fourth-order valence-electron chi connectivity index (χ4n) is 5.51. The maximum atomic E-state index is 15.4. The number of ether oxygens (including phenoxy) is 1. The Balaban J connectivity index is 1.45. The molecule has 39 heavy (non-hydrogen) atoms. The SMILES string of the molecule is CC(C)[C@H](NC(=O)CCN(C)C)c1cccc(F)c1N1CCN(C(=O)C2COCC2c2ccc(Cl)cc2)CC1. The number of para-hydroxylation sites is 1. The zero-order valence-corrected chi connectivity index (χ0v) is 24.1. The number of anilines is 1. The molecule has 2 unspecified atom stereocenters. The molecule has 0 spiro atoms. The Kier molecular flexibility index (Phi) is 9.86. The molecule has 0 aromatic heterocycles. The first-order valence-corrected chi connectivity index (χ1v) is 14.1. The molecule has 7 nitrogen and oxygen atoms in total. The van der Waals surface area contributed by atoms with E-state index in [9.17, 15) is 9.59 Å². The van der Waals surface area contributed by atoms with Gasteiger partial charge in [0.15, 0.2) is 0 Å². The van der Waals surface area contributed by atoms with Gasteiger partial charge in [-0.05, 0) is 43.8 Å². The summed E-state index contributed by atoms with van der Waals surface area (Å²) in [6.07, 6.45) is 0.379. The highest BCUT2D eigenvalue weighted by Crippen LogP contribution is 2.36. The predicted molar refractivity (Wildman–Crippen MR) is 153 cm³/mol. The molecule has 2 amide bonds. The molecule has 2 aromatic rings. The van der Waals surface area contributed by atoms with Crippen LogP contribution >= 0.6 is 11.6 Å². The van der Waals surface area contributed by atoms with E-state index in [1.807, 2.05) is 73.0 Å². The van der Waals surface area contributed by atoms with Gasteiger partial charge in [-0.2, -0.15) is 0 Å². The quantitative estimate of drug-likeness (QED) is 0.496. The van der Waals surface area contributed by atoms with Gasteiger partial charge in [0, 0.05) is 55.6 Å². The van der Waals surface area contributed by atoms with Crippen molar-refractivity contribution in [2.75, 3.05) is 64.9 Å². The number of nitrogens with zero attached hydrogens (tertiary/aromatic N) is 3. The van der Waals surface area contributed by atoms with Crippen molar-refractivity contribution >= 4 is 29.1 Å². The Morgan fingerprint density at radius 1 is 1.08 bits per heavy atom. The second-order valence-corrected chi connectivity index (χ2v) is 11.6. The average molecular weight is 559 g/mol. The molecule has 0 bridgehead atoms. The summed E-state index contributed by atoms with van der Waals surface area (Å²) >= 11 is 6.05. The van der Waals surface area contributed by atoms with Gasteiger partial charge in [0.25, 0.3) is 0 Å². The predicted octanol–water partition coefficient (Wildman–Crippen LogP) is 4.32. The van der Waals surface area contributed by atoms with Gasteiger partial charge in [0.05, 0.1) is 30.9 Å². The van der Waals surface area contributed by atoms with Crippen molar-refractivity contribution in [3.8, 4) is 0 Å². The minimum atomic E-state index is -0.319. The second kappa shape index (κ2) is 13.1.